The van der Waals surface area contributed by atoms with Crippen LogP contribution in [0, 0.1) is 5.92 Å². The number of pyridine rings is 1. The van der Waals surface area contributed by atoms with E-state index >= 15 is 0 Å². The van der Waals surface area contributed by atoms with Crippen LogP contribution in [-0.2, 0) is 0 Å². The zero-order valence-electron chi connectivity index (χ0n) is 13.6. The van der Waals surface area contributed by atoms with E-state index in [0.717, 1.165) is 48.3 Å². The highest BCUT2D eigenvalue weighted by Gasteiger charge is 2.22. The van der Waals surface area contributed by atoms with Gasteiger partial charge >= 0.3 is 0 Å². The summed E-state index contributed by atoms with van der Waals surface area (Å²) in [5, 5.41) is 11.7. The van der Waals surface area contributed by atoms with Gasteiger partial charge in [-0.15, -0.1) is 0 Å². The minimum Gasteiger partial charge on any atom is -0.494 e. The number of hydrogen-bond acceptors (Lipinski definition) is 5. The molecule has 0 bridgehead atoms. The van der Waals surface area contributed by atoms with Gasteiger partial charge in [0, 0.05) is 24.7 Å². The first-order chi connectivity index (χ1) is 11.2. The van der Waals surface area contributed by atoms with Gasteiger partial charge in [-0.3, -0.25) is 4.98 Å². The lowest BCUT2D eigenvalue weighted by molar-refractivity contribution is 0.0866. The van der Waals surface area contributed by atoms with Crippen LogP contribution in [0.25, 0.3) is 10.9 Å². The molecule has 2 aromatic rings. The monoisotopic (exact) mass is 315 g/mol. The molecule has 2 heterocycles. The molecule has 1 aromatic carbocycles. The zero-order chi connectivity index (χ0) is 16.2. The van der Waals surface area contributed by atoms with Crippen molar-refractivity contribution in [1.82, 2.24) is 9.88 Å². The lowest BCUT2D eigenvalue weighted by Gasteiger charge is -2.33. The number of para-hydroxylation sites is 1. The van der Waals surface area contributed by atoms with Crippen molar-refractivity contribution in [2.24, 2.45) is 11.7 Å². The Bertz CT molecular complexity index is 662. The Morgan fingerprint density at radius 1 is 1.43 bits per heavy atom. The Morgan fingerprint density at radius 3 is 3.09 bits per heavy atom. The number of likely N-dealkylation sites (tertiary alicyclic amines) is 1. The van der Waals surface area contributed by atoms with E-state index in [9.17, 15) is 5.11 Å². The predicted octanol–water partition coefficient (Wildman–Crippen LogP) is 1.95. The summed E-state index contributed by atoms with van der Waals surface area (Å²) in [7, 11) is 1.64. The molecule has 0 saturated carbocycles. The molecule has 2 atom stereocenters. The molecule has 0 amide bonds. The third kappa shape index (κ3) is 3.47. The summed E-state index contributed by atoms with van der Waals surface area (Å²) in [6.45, 7) is 3.36. The molecular formula is C18H25N3O2. The Kier molecular flexibility index (Phi) is 5.10. The van der Waals surface area contributed by atoms with Crippen molar-refractivity contribution in [3.8, 4) is 5.75 Å². The number of nitrogens with zero attached hydrogens (tertiary/aromatic N) is 2. The van der Waals surface area contributed by atoms with E-state index < -0.39 is 6.10 Å². The SMILES string of the molecule is COc1cccc2c([C@H](O)CN3CCCC(CN)C3)ccnc12. The van der Waals surface area contributed by atoms with Crippen LogP contribution in [0.15, 0.2) is 30.5 Å². The van der Waals surface area contributed by atoms with Crippen molar-refractivity contribution in [1.29, 1.82) is 0 Å². The standard InChI is InChI=1S/C18H25N3O2/c1-23-17-6-2-5-15-14(7-8-20-18(15)17)16(22)12-21-9-3-4-13(10-19)11-21/h2,5-8,13,16,22H,3-4,9-12,19H2,1H3/t13?,16-/m1/s1. The first-order valence-corrected chi connectivity index (χ1v) is 8.25. The van der Waals surface area contributed by atoms with Crippen LogP contribution in [0.1, 0.15) is 24.5 Å². The Morgan fingerprint density at radius 2 is 2.30 bits per heavy atom. The lowest BCUT2D eigenvalue weighted by Crippen LogP contribution is -2.40. The van der Waals surface area contributed by atoms with Crippen molar-refractivity contribution in [2.75, 3.05) is 33.3 Å². The van der Waals surface area contributed by atoms with E-state index in [1.54, 1.807) is 13.3 Å². The number of hydrogen-bond donors (Lipinski definition) is 2. The van der Waals surface area contributed by atoms with E-state index in [2.05, 4.69) is 9.88 Å². The van der Waals surface area contributed by atoms with Gasteiger partial charge in [0.2, 0.25) is 0 Å². The van der Waals surface area contributed by atoms with Crippen LogP contribution in [-0.4, -0.2) is 48.3 Å². The van der Waals surface area contributed by atoms with Crippen molar-refractivity contribution in [2.45, 2.75) is 18.9 Å². The number of rotatable bonds is 5. The molecule has 1 aliphatic heterocycles. The molecule has 3 rings (SSSR count). The minimum absolute atomic E-state index is 0.538. The predicted molar refractivity (Wildman–Crippen MR) is 91.5 cm³/mol. The van der Waals surface area contributed by atoms with Crippen LogP contribution in [0.2, 0.25) is 0 Å². The summed E-state index contributed by atoms with van der Waals surface area (Å²) in [5.74, 6) is 1.28. The maximum atomic E-state index is 10.8. The van der Waals surface area contributed by atoms with E-state index in [1.165, 1.54) is 6.42 Å². The second kappa shape index (κ2) is 7.25. The van der Waals surface area contributed by atoms with Gasteiger partial charge in [0.15, 0.2) is 0 Å². The van der Waals surface area contributed by atoms with Crippen LogP contribution >= 0.6 is 0 Å². The third-order valence-corrected chi connectivity index (χ3v) is 4.71. The van der Waals surface area contributed by atoms with Gasteiger partial charge in [0.05, 0.1) is 13.2 Å². The largest absolute Gasteiger partial charge is 0.494 e. The van der Waals surface area contributed by atoms with Crippen LogP contribution in [0.5, 0.6) is 5.75 Å². The van der Waals surface area contributed by atoms with Crippen molar-refractivity contribution < 1.29 is 9.84 Å². The van der Waals surface area contributed by atoms with E-state index in [-0.39, 0.29) is 0 Å². The fourth-order valence-corrected chi connectivity index (χ4v) is 3.48. The van der Waals surface area contributed by atoms with Crippen LogP contribution in [0.3, 0.4) is 0 Å². The number of fused-ring (bicyclic) bond motifs is 1. The smallest absolute Gasteiger partial charge is 0.145 e. The molecule has 1 unspecified atom stereocenters. The number of nitrogens with two attached hydrogens (primary N) is 1. The third-order valence-electron chi connectivity index (χ3n) is 4.71. The summed E-state index contributed by atoms with van der Waals surface area (Å²) in [4.78, 5) is 6.72. The second-order valence-electron chi connectivity index (χ2n) is 6.28. The second-order valence-corrected chi connectivity index (χ2v) is 6.28. The fourth-order valence-electron chi connectivity index (χ4n) is 3.48. The summed E-state index contributed by atoms with van der Waals surface area (Å²) >= 11 is 0. The summed E-state index contributed by atoms with van der Waals surface area (Å²) in [6.07, 6.45) is 3.55. The Balaban J connectivity index is 1.82. The molecule has 0 aliphatic carbocycles. The summed E-state index contributed by atoms with van der Waals surface area (Å²) in [6, 6.07) is 7.71. The van der Waals surface area contributed by atoms with Crippen LogP contribution in [0.4, 0.5) is 0 Å². The zero-order valence-corrected chi connectivity index (χ0v) is 13.6. The van der Waals surface area contributed by atoms with Gasteiger partial charge in [0.25, 0.3) is 0 Å². The van der Waals surface area contributed by atoms with E-state index in [0.29, 0.717) is 12.5 Å². The van der Waals surface area contributed by atoms with Gasteiger partial charge < -0.3 is 20.5 Å². The minimum atomic E-state index is -0.538. The molecule has 1 fully saturated rings. The molecule has 5 heteroatoms. The first-order valence-electron chi connectivity index (χ1n) is 8.25. The van der Waals surface area contributed by atoms with Gasteiger partial charge in [-0.1, -0.05) is 12.1 Å². The van der Waals surface area contributed by atoms with Crippen LogP contribution < -0.4 is 10.5 Å². The number of aliphatic hydroxyl groups excluding tert-OH is 1. The average molecular weight is 315 g/mol. The van der Waals surface area contributed by atoms with Gasteiger partial charge in [-0.05, 0) is 49.5 Å². The number of methoxy groups -OCH3 is 1. The Hall–Kier alpha value is -1.69. The molecule has 5 nitrogen and oxygen atoms in total. The number of piperidine rings is 1. The molecule has 3 N–H and O–H groups in total. The molecule has 1 aromatic heterocycles. The van der Waals surface area contributed by atoms with Crippen molar-refractivity contribution >= 4 is 10.9 Å². The number of ether oxygens (including phenoxy) is 1. The molecular weight excluding hydrogens is 290 g/mol. The lowest BCUT2D eigenvalue weighted by atomic mass is 9.97. The molecule has 124 valence electrons. The number of β-amino-alcohol motifs (C(OH)–C–C–N with tert-alkyl or cyclic N) is 1. The maximum Gasteiger partial charge on any atom is 0.145 e. The maximum absolute atomic E-state index is 10.8. The van der Waals surface area contributed by atoms with Gasteiger partial charge in [-0.2, -0.15) is 0 Å². The van der Waals surface area contributed by atoms with Crippen molar-refractivity contribution in [3.05, 3.63) is 36.0 Å². The molecule has 1 aliphatic rings. The van der Waals surface area contributed by atoms with Gasteiger partial charge in [-0.25, -0.2) is 0 Å². The average Bonchev–Trinajstić information content (AvgIpc) is 2.60. The van der Waals surface area contributed by atoms with E-state index in [1.807, 2.05) is 24.3 Å². The van der Waals surface area contributed by atoms with Crippen molar-refractivity contribution in [3.63, 3.8) is 0 Å². The first kappa shape index (κ1) is 16.2. The number of aromatic nitrogens is 1. The van der Waals surface area contributed by atoms with E-state index in [4.69, 9.17) is 10.5 Å². The number of benzene rings is 1. The Labute approximate surface area is 137 Å². The molecule has 1 saturated heterocycles. The summed E-state index contributed by atoms with van der Waals surface area (Å²) in [5.41, 5.74) is 7.51. The molecule has 23 heavy (non-hydrogen) atoms. The highest BCUT2D eigenvalue weighted by Crippen LogP contribution is 2.29. The van der Waals surface area contributed by atoms with Gasteiger partial charge in [0.1, 0.15) is 11.3 Å². The normalized spacial score (nSPS) is 20.6. The highest BCUT2D eigenvalue weighted by molar-refractivity contribution is 5.87. The summed E-state index contributed by atoms with van der Waals surface area (Å²) < 4.78 is 5.37. The number of aliphatic hydroxyl groups is 1. The molecule has 0 spiro atoms. The fraction of sp³-hybridized carbons (Fsp3) is 0.500. The molecule has 0 radical (unpaired) electrons. The topological polar surface area (TPSA) is 71.6 Å². The highest BCUT2D eigenvalue weighted by atomic mass is 16.5. The quantitative estimate of drug-likeness (QED) is 0.882.